The van der Waals surface area contributed by atoms with Crippen LogP contribution in [0.2, 0.25) is 5.02 Å². The standard InChI is InChI=1S/C12H11ClFNO/c1-12(2,16)9-3-4-15-11-8(9)5-7(13)6-10(11)14/h3-6,16H,1-2H3. The molecule has 1 aromatic carbocycles. The molecule has 0 unspecified atom stereocenters. The van der Waals surface area contributed by atoms with Crippen molar-refractivity contribution in [2.45, 2.75) is 19.4 Å². The Balaban J connectivity index is 2.87. The molecule has 0 aliphatic carbocycles. The quantitative estimate of drug-likeness (QED) is 0.829. The Morgan fingerprint density at radius 2 is 2.06 bits per heavy atom. The number of fused-ring (bicyclic) bond motifs is 1. The lowest BCUT2D eigenvalue weighted by Gasteiger charge is -2.19. The first-order valence-electron chi connectivity index (χ1n) is 4.86. The molecule has 16 heavy (non-hydrogen) atoms. The van der Waals surface area contributed by atoms with Crippen LogP contribution >= 0.6 is 11.6 Å². The van der Waals surface area contributed by atoms with E-state index in [1.54, 1.807) is 26.0 Å². The summed E-state index contributed by atoms with van der Waals surface area (Å²) in [6, 6.07) is 4.49. The summed E-state index contributed by atoms with van der Waals surface area (Å²) in [5.41, 5.74) is -0.221. The summed E-state index contributed by atoms with van der Waals surface area (Å²) < 4.78 is 13.6. The van der Waals surface area contributed by atoms with Crippen LogP contribution in [-0.2, 0) is 5.60 Å². The molecule has 0 fully saturated rings. The van der Waals surface area contributed by atoms with Crippen molar-refractivity contribution in [3.63, 3.8) is 0 Å². The molecular formula is C12H11ClFNO. The van der Waals surface area contributed by atoms with E-state index < -0.39 is 11.4 Å². The van der Waals surface area contributed by atoms with E-state index in [-0.39, 0.29) is 5.52 Å². The molecule has 0 aliphatic rings. The van der Waals surface area contributed by atoms with Crippen molar-refractivity contribution < 1.29 is 9.50 Å². The molecule has 1 aromatic heterocycles. The minimum Gasteiger partial charge on any atom is -0.386 e. The number of rotatable bonds is 1. The summed E-state index contributed by atoms with van der Waals surface area (Å²) in [5.74, 6) is -0.478. The van der Waals surface area contributed by atoms with E-state index in [9.17, 15) is 9.50 Å². The van der Waals surface area contributed by atoms with Gasteiger partial charge in [0.15, 0.2) is 5.82 Å². The molecule has 2 aromatic rings. The fraction of sp³-hybridized carbons (Fsp3) is 0.250. The van der Waals surface area contributed by atoms with E-state index in [2.05, 4.69) is 4.98 Å². The fourth-order valence-corrected chi connectivity index (χ4v) is 1.92. The van der Waals surface area contributed by atoms with Crippen LogP contribution in [0, 0.1) is 5.82 Å². The summed E-state index contributed by atoms with van der Waals surface area (Å²) in [7, 11) is 0. The second-order valence-electron chi connectivity index (χ2n) is 4.20. The van der Waals surface area contributed by atoms with Gasteiger partial charge in [-0.1, -0.05) is 11.6 Å². The molecule has 0 aliphatic heterocycles. The molecule has 0 radical (unpaired) electrons. The number of pyridine rings is 1. The van der Waals surface area contributed by atoms with Gasteiger partial charge in [0, 0.05) is 16.6 Å². The van der Waals surface area contributed by atoms with Crippen LogP contribution in [0.1, 0.15) is 19.4 Å². The molecule has 0 bridgehead atoms. The minimum absolute atomic E-state index is 0.226. The number of nitrogens with zero attached hydrogens (tertiary/aromatic N) is 1. The zero-order valence-corrected chi connectivity index (χ0v) is 9.72. The Labute approximate surface area is 97.7 Å². The number of halogens is 2. The van der Waals surface area contributed by atoms with E-state index >= 15 is 0 Å². The van der Waals surface area contributed by atoms with Crippen LogP contribution in [0.15, 0.2) is 24.4 Å². The van der Waals surface area contributed by atoms with Crippen LogP contribution in [-0.4, -0.2) is 10.1 Å². The van der Waals surface area contributed by atoms with Gasteiger partial charge in [-0.3, -0.25) is 4.98 Å². The molecule has 2 rings (SSSR count). The predicted molar refractivity (Wildman–Crippen MR) is 62.0 cm³/mol. The van der Waals surface area contributed by atoms with Gasteiger partial charge in [-0.2, -0.15) is 0 Å². The number of aliphatic hydroxyl groups is 1. The maximum Gasteiger partial charge on any atom is 0.150 e. The Kier molecular flexibility index (Phi) is 2.60. The van der Waals surface area contributed by atoms with E-state index in [1.807, 2.05) is 0 Å². The lowest BCUT2D eigenvalue weighted by molar-refractivity contribution is 0.0801. The molecule has 0 saturated heterocycles. The van der Waals surface area contributed by atoms with Crippen molar-refractivity contribution in [2.24, 2.45) is 0 Å². The van der Waals surface area contributed by atoms with Crippen LogP contribution in [0.4, 0.5) is 4.39 Å². The van der Waals surface area contributed by atoms with Gasteiger partial charge in [0.1, 0.15) is 5.52 Å². The van der Waals surface area contributed by atoms with Gasteiger partial charge in [-0.05, 0) is 37.6 Å². The highest BCUT2D eigenvalue weighted by atomic mass is 35.5. The third-order valence-electron chi connectivity index (χ3n) is 2.42. The fourth-order valence-electron chi connectivity index (χ4n) is 1.71. The van der Waals surface area contributed by atoms with Crippen molar-refractivity contribution in [2.75, 3.05) is 0 Å². The first kappa shape index (κ1) is 11.3. The highest BCUT2D eigenvalue weighted by Crippen LogP contribution is 2.30. The summed E-state index contributed by atoms with van der Waals surface area (Å²) in [4.78, 5) is 3.95. The topological polar surface area (TPSA) is 33.1 Å². The number of aromatic nitrogens is 1. The first-order chi connectivity index (χ1) is 7.39. The molecule has 2 nitrogen and oxygen atoms in total. The summed E-state index contributed by atoms with van der Waals surface area (Å²) >= 11 is 5.80. The molecule has 1 heterocycles. The van der Waals surface area contributed by atoms with Gasteiger partial charge < -0.3 is 5.11 Å². The molecule has 4 heteroatoms. The van der Waals surface area contributed by atoms with Gasteiger partial charge in [-0.15, -0.1) is 0 Å². The van der Waals surface area contributed by atoms with Gasteiger partial charge in [-0.25, -0.2) is 4.39 Å². The van der Waals surface area contributed by atoms with Gasteiger partial charge in [0.25, 0.3) is 0 Å². The lowest BCUT2D eigenvalue weighted by atomic mass is 9.95. The summed E-state index contributed by atoms with van der Waals surface area (Å²) in [6.45, 7) is 3.28. The third-order valence-corrected chi connectivity index (χ3v) is 2.64. The molecule has 1 N–H and O–H groups in total. The Morgan fingerprint density at radius 1 is 1.38 bits per heavy atom. The lowest BCUT2D eigenvalue weighted by Crippen LogP contribution is -2.16. The molecule has 0 spiro atoms. The summed E-state index contributed by atoms with van der Waals surface area (Å²) in [6.07, 6.45) is 1.48. The molecular weight excluding hydrogens is 229 g/mol. The highest BCUT2D eigenvalue weighted by Gasteiger charge is 2.20. The largest absolute Gasteiger partial charge is 0.386 e. The van der Waals surface area contributed by atoms with Crippen LogP contribution in [0.25, 0.3) is 10.9 Å². The number of hydrogen-bond donors (Lipinski definition) is 1. The highest BCUT2D eigenvalue weighted by molar-refractivity contribution is 6.31. The zero-order valence-electron chi connectivity index (χ0n) is 8.96. The van der Waals surface area contributed by atoms with Crippen molar-refractivity contribution in [1.82, 2.24) is 4.98 Å². The molecule has 0 saturated carbocycles. The van der Waals surface area contributed by atoms with Crippen LogP contribution in [0.3, 0.4) is 0 Å². The molecule has 84 valence electrons. The maximum atomic E-state index is 13.6. The maximum absolute atomic E-state index is 13.6. The predicted octanol–water partition coefficient (Wildman–Crippen LogP) is 3.25. The zero-order chi connectivity index (χ0) is 11.9. The normalized spacial score (nSPS) is 12.1. The second kappa shape index (κ2) is 3.68. The average molecular weight is 240 g/mol. The summed E-state index contributed by atoms with van der Waals surface area (Å²) in [5, 5.41) is 10.8. The average Bonchev–Trinajstić information content (AvgIpc) is 2.15. The van der Waals surface area contributed by atoms with Crippen molar-refractivity contribution in [3.8, 4) is 0 Å². The smallest absolute Gasteiger partial charge is 0.150 e. The third kappa shape index (κ3) is 1.88. The Hall–Kier alpha value is -1.19. The van der Waals surface area contributed by atoms with E-state index in [4.69, 9.17) is 11.6 Å². The monoisotopic (exact) mass is 239 g/mol. The Bertz CT molecular complexity index is 548. The van der Waals surface area contributed by atoms with Gasteiger partial charge >= 0.3 is 0 Å². The van der Waals surface area contributed by atoms with Crippen LogP contribution < -0.4 is 0 Å². The van der Waals surface area contributed by atoms with E-state index in [0.29, 0.717) is 16.0 Å². The molecule has 0 atom stereocenters. The molecule has 0 amide bonds. The van der Waals surface area contributed by atoms with Crippen molar-refractivity contribution in [1.29, 1.82) is 0 Å². The van der Waals surface area contributed by atoms with Crippen LogP contribution in [0.5, 0.6) is 0 Å². The first-order valence-corrected chi connectivity index (χ1v) is 5.24. The van der Waals surface area contributed by atoms with Crippen molar-refractivity contribution >= 4 is 22.5 Å². The van der Waals surface area contributed by atoms with E-state index in [1.165, 1.54) is 12.3 Å². The second-order valence-corrected chi connectivity index (χ2v) is 4.64. The number of hydrogen-bond acceptors (Lipinski definition) is 2. The Morgan fingerprint density at radius 3 is 2.69 bits per heavy atom. The minimum atomic E-state index is -1.06. The van der Waals surface area contributed by atoms with Gasteiger partial charge in [0.2, 0.25) is 0 Å². The van der Waals surface area contributed by atoms with Gasteiger partial charge in [0.05, 0.1) is 5.60 Å². The van der Waals surface area contributed by atoms with Crippen molar-refractivity contribution in [3.05, 3.63) is 40.8 Å². The van der Waals surface area contributed by atoms with E-state index in [0.717, 1.165) is 0 Å². The number of benzene rings is 1. The SMILES string of the molecule is CC(C)(O)c1ccnc2c(F)cc(Cl)cc12.